The van der Waals surface area contributed by atoms with Crippen molar-refractivity contribution >= 4 is 28.9 Å². The summed E-state index contributed by atoms with van der Waals surface area (Å²) in [4.78, 5) is 26.1. The molecule has 0 bridgehead atoms. The van der Waals surface area contributed by atoms with Crippen LogP contribution < -0.4 is 9.64 Å². The van der Waals surface area contributed by atoms with E-state index in [9.17, 15) is 28.1 Å². The Labute approximate surface area is 181 Å². The van der Waals surface area contributed by atoms with Crippen LogP contribution in [0.3, 0.4) is 0 Å². The molecular weight excluding hydrogens is 439 g/mol. The molecule has 0 atom stereocenters. The van der Waals surface area contributed by atoms with Crippen LogP contribution in [0, 0.1) is 10.1 Å². The molecule has 0 unspecified atom stereocenters. The van der Waals surface area contributed by atoms with Gasteiger partial charge < -0.3 is 14.5 Å². The maximum atomic E-state index is 12.9. The number of anilines is 1. The fourth-order valence-corrected chi connectivity index (χ4v) is 3.46. The molecule has 166 valence electrons. The van der Waals surface area contributed by atoms with Gasteiger partial charge in [0.05, 0.1) is 23.5 Å². The van der Waals surface area contributed by atoms with Crippen LogP contribution in [-0.2, 0) is 11.0 Å². The Balaban J connectivity index is 1.56. The Bertz CT molecular complexity index is 963. The van der Waals surface area contributed by atoms with Crippen molar-refractivity contribution in [3.8, 4) is 5.75 Å². The van der Waals surface area contributed by atoms with Gasteiger partial charge in [0, 0.05) is 37.3 Å². The topological polar surface area (TPSA) is 75.9 Å². The van der Waals surface area contributed by atoms with Gasteiger partial charge in [0.2, 0.25) is 5.91 Å². The molecule has 0 aliphatic carbocycles. The van der Waals surface area contributed by atoms with Crippen LogP contribution in [0.15, 0.2) is 42.5 Å². The third kappa shape index (κ3) is 5.78. The largest absolute Gasteiger partial charge is 0.493 e. The van der Waals surface area contributed by atoms with Gasteiger partial charge in [0.1, 0.15) is 11.4 Å². The number of carbonyl (C=O) groups excluding carboxylic acids is 1. The number of carbonyl (C=O) groups is 1. The molecule has 1 fully saturated rings. The molecule has 1 saturated heterocycles. The summed E-state index contributed by atoms with van der Waals surface area (Å²) >= 11 is 5.88. The van der Waals surface area contributed by atoms with Gasteiger partial charge in [-0.15, -0.1) is 0 Å². The molecule has 3 rings (SSSR count). The van der Waals surface area contributed by atoms with Crippen LogP contribution in [0.25, 0.3) is 0 Å². The summed E-state index contributed by atoms with van der Waals surface area (Å²) in [6.45, 7) is 1.31. The molecule has 7 nitrogen and oxygen atoms in total. The van der Waals surface area contributed by atoms with E-state index in [1.807, 2.05) is 0 Å². The lowest BCUT2D eigenvalue weighted by molar-refractivity contribution is -0.384. The van der Waals surface area contributed by atoms with Crippen molar-refractivity contribution in [2.24, 2.45) is 0 Å². The van der Waals surface area contributed by atoms with E-state index >= 15 is 0 Å². The molecule has 1 aliphatic rings. The molecule has 0 spiro atoms. The number of nitro benzene ring substituents is 1. The van der Waals surface area contributed by atoms with Crippen LogP contribution in [0.4, 0.5) is 24.5 Å². The standard InChI is InChI=1S/C20H19ClF3N3O4/c21-15-2-1-3-16(13-15)31-11-6-19(28)26-9-7-25(8-10-26)17-5-4-14(20(22,23)24)12-18(17)27(29)30/h1-5,12-13H,6-11H2. The number of ether oxygens (including phenoxy) is 1. The number of alkyl halides is 3. The predicted molar refractivity (Wildman–Crippen MR) is 108 cm³/mol. The van der Waals surface area contributed by atoms with Crippen LogP contribution >= 0.6 is 11.6 Å². The second-order valence-corrected chi connectivity index (χ2v) is 7.32. The zero-order chi connectivity index (χ0) is 22.6. The summed E-state index contributed by atoms with van der Waals surface area (Å²) in [5.41, 5.74) is -1.57. The van der Waals surface area contributed by atoms with E-state index < -0.39 is 22.4 Å². The van der Waals surface area contributed by atoms with Crippen molar-refractivity contribution in [2.75, 3.05) is 37.7 Å². The maximum absolute atomic E-state index is 12.9. The van der Waals surface area contributed by atoms with E-state index in [0.717, 1.165) is 12.1 Å². The highest BCUT2D eigenvalue weighted by Crippen LogP contribution is 2.36. The second kappa shape index (κ2) is 9.42. The van der Waals surface area contributed by atoms with Gasteiger partial charge in [-0.25, -0.2) is 0 Å². The predicted octanol–water partition coefficient (Wildman–Crippen LogP) is 4.38. The van der Waals surface area contributed by atoms with E-state index in [1.54, 1.807) is 34.1 Å². The third-order valence-corrected chi connectivity index (χ3v) is 5.09. The first kappa shape index (κ1) is 22.7. The minimum absolute atomic E-state index is 0.106. The maximum Gasteiger partial charge on any atom is 0.416 e. The van der Waals surface area contributed by atoms with E-state index in [1.165, 1.54) is 0 Å². The SMILES string of the molecule is O=C(CCOc1cccc(Cl)c1)N1CCN(c2ccc(C(F)(F)F)cc2[N+](=O)[O-])CC1. The monoisotopic (exact) mass is 457 g/mol. The quantitative estimate of drug-likeness (QED) is 0.475. The highest BCUT2D eigenvalue weighted by Gasteiger charge is 2.34. The Hall–Kier alpha value is -3.01. The average molecular weight is 458 g/mol. The lowest BCUT2D eigenvalue weighted by Gasteiger charge is -2.36. The Morgan fingerprint density at radius 2 is 1.84 bits per heavy atom. The highest BCUT2D eigenvalue weighted by atomic mass is 35.5. The van der Waals surface area contributed by atoms with Gasteiger partial charge in [-0.3, -0.25) is 14.9 Å². The van der Waals surface area contributed by atoms with E-state index in [0.29, 0.717) is 29.9 Å². The van der Waals surface area contributed by atoms with Gasteiger partial charge in [-0.2, -0.15) is 13.2 Å². The minimum atomic E-state index is -4.67. The Morgan fingerprint density at radius 1 is 1.13 bits per heavy atom. The second-order valence-electron chi connectivity index (χ2n) is 6.88. The molecule has 11 heteroatoms. The summed E-state index contributed by atoms with van der Waals surface area (Å²) in [5, 5.41) is 11.8. The number of amides is 1. The molecule has 0 N–H and O–H groups in total. The zero-order valence-corrected chi connectivity index (χ0v) is 17.0. The number of nitrogens with zero attached hydrogens (tertiary/aromatic N) is 3. The number of nitro groups is 1. The number of piperazine rings is 1. The molecule has 1 amide bonds. The minimum Gasteiger partial charge on any atom is -0.493 e. The van der Waals surface area contributed by atoms with Crippen molar-refractivity contribution in [1.82, 2.24) is 4.90 Å². The fraction of sp³-hybridized carbons (Fsp3) is 0.350. The smallest absolute Gasteiger partial charge is 0.416 e. The number of hydrogen-bond acceptors (Lipinski definition) is 5. The van der Waals surface area contributed by atoms with Crippen LogP contribution in [0.2, 0.25) is 5.02 Å². The summed E-state index contributed by atoms with van der Waals surface area (Å²) in [6.07, 6.45) is -4.52. The van der Waals surface area contributed by atoms with Gasteiger partial charge in [0.15, 0.2) is 0 Å². The lowest BCUT2D eigenvalue weighted by atomic mass is 10.1. The Morgan fingerprint density at radius 3 is 2.45 bits per heavy atom. The van der Waals surface area contributed by atoms with Crippen molar-refractivity contribution in [3.63, 3.8) is 0 Å². The average Bonchev–Trinajstić information content (AvgIpc) is 2.72. The number of rotatable bonds is 6. The first-order chi connectivity index (χ1) is 14.6. The molecule has 2 aromatic carbocycles. The summed E-state index contributed by atoms with van der Waals surface area (Å²) < 4.78 is 44.1. The van der Waals surface area contributed by atoms with E-state index in [4.69, 9.17) is 16.3 Å². The highest BCUT2D eigenvalue weighted by molar-refractivity contribution is 6.30. The molecular formula is C20H19ClF3N3O4. The molecule has 1 aliphatic heterocycles. The number of benzene rings is 2. The summed E-state index contributed by atoms with van der Waals surface area (Å²) in [7, 11) is 0. The van der Waals surface area contributed by atoms with Crippen molar-refractivity contribution in [2.45, 2.75) is 12.6 Å². The van der Waals surface area contributed by atoms with Gasteiger partial charge >= 0.3 is 6.18 Å². The van der Waals surface area contributed by atoms with Crippen LogP contribution in [0.5, 0.6) is 5.75 Å². The summed E-state index contributed by atoms with van der Waals surface area (Å²) in [6, 6.07) is 9.29. The van der Waals surface area contributed by atoms with Crippen LogP contribution in [-0.4, -0.2) is 48.5 Å². The first-order valence-electron chi connectivity index (χ1n) is 9.42. The molecule has 0 saturated carbocycles. The van der Waals surface area contributed by atoms with E-state index in [2.05, 4.69) is 0 Å². The molecule has 1 heterocycles. The van der Waals surface area contributed by atoms with Crippen molar-refractivity contribution < 1.29 is 27.6 Å². The number of hydrogen-bond donors (Lipinski definition) is 0. The lowest BCUT2D eigenvalue weighted by Crippen LogP contribution is -2.49. The third-order valence-electron chi connectivity index (χ3n) is 4.85. The molecule has 0 aromatic heterocycles. The Kier molecular flexibility index (Phi) is 6.89. The molecule has 31 heavy (non-hydrogen) atoms. The zero-order valence-electron chi connectivity index (χ0n) is 16.3. The van der Waals surface area contributed by atoms with Gasteiger partial charge in [-0.05, 0) is 30.3 Å². The van der Waals surface area contributed by atoms with Crippen molar-refractivity contribution in [3.05, 3.63) is 63.2 Å². The normalized spacial score (nSPS) is 14.5. The van der Waals surface area contributed by atoms with E-state index in [-0.39, 0.29) is 37.7 Å². The van der Waals surface area contributed by atoms with Crippen LogP contribution in [0.1, 0.15) is 12.0 Å². The first-order valence-corrected chi connectivity index (χ1v) is 9.79. The molecule has 0 radical (unpaired) electrons. The van der Waals surface area contributed by atoms with Gasteiger partial charge in [0.25, 0.3) is 5.69 Å². The molecule has 2 aromatic rings. The van der Waals surface area contributed by atoms with Gasteiger partial charge in [-0.1, -0.05) is 17.7 Å². The summed E-state index contributed by atoms with van der Waals surface area (Å²) in [5.74, 6) is 0.420. The fourth-order valence-electron chi connectivity index (χ4n) is 3.28. The number of halogens is 4. The van der Waals surface area contributed by atoms with Crippen molar-refractivity contribution in [1.29, 1.82) is 0 Å².